The van der Waals surface area contributed by atoms with Gasteiger partial charge in [-0.3, -0.25) is 0 Å². The van der Waals surface area contributed by atoms with Crippen molar-refractivity contribution in [3.63, 3.8) is 0 Å². The lowest BCUT2D eigenvalue weighted by molar-refractivity contribution is -0.140. The van der Waals surface area contributed by atoms with Gasteiger partial charge in [-0.05, 0) is 19.1 Å². The van der Waals surface area contributed by atoms with Crippen LogP contribution in [0.4, 0.5) is 0 Å². The van der Waals surface area contributed by atoms with Crippen LogP contribution >= 0.6 is 11.6 Å². The highest BCUT2D eigenvalue weighted by atomic mass is 35.5. The molecular weight excluding hydrogens is 252 g/mol. The number of halogens is 1. The number of carbonyl (C=O) groups excluding carboxylic acids is 1. The van der Waals surface area contributed by atoms with Gasteiger partial charge in [0.1, 0.15) is 0 Å². The largest absolute Gasteiger partial charge is 0.464 e. The lowest BCUT2D eigenvalue weighted by Gasteiger charge is -2.09. The van der Waals surface area contributed by atoms with E-state index in [-0.39, 0.29) is 11.5 Å². The normalized spacial score (nSPS) is 13.1. The van der Waals surface area contributed by atoms with Crippen LogP contribution in [0.2, 0.25) is 0 Å². The number of sulfone groups is 1. The van der Waals surface area contributed by atoms with Crippen LogP contribution in [-0.2, 0) is 19.4 Å². The molecule has 88 valence electrons. The van der Waals surface area contributed by atoms with E-state index in [0.717, 1.165) is 0 Å². The van der Waals surface area contributed by atoms with Gasteiger partial charge in [0.25, 0.3) is 0 Å². The average Bonchev–Trinajstić information content (AvgIpc) is 2.29. The van der Waals surface area contributed by atoms with Crippen molar-refractivity contribution in [2.45, 2.75) is 16.5 Å². The van der Waals surface area contributed by atoms with Crippen LogP contribution in [0.3, 0.4) is 0 Å². The van der Waals surface area contributed by atoms with E-state index in [2.05, 4.69) is 4.74 Å². The monoisotopic (exact) mass is 262 g/mol. The topological polar surface area (TPSA) is 60.4 Å². The molecule has 0 amide bonds. The van der Waals surface area contributed by atoms with Crippen LogP contribution < -0.4 is 0 Å². The minimum atomic E-state index is -3.87. The molecule has 1 rings (SSSR count). The maximum atomic E-state index is 11.8. The number of ether oxygens (including phenoxy) is 1. The van der Waals surface area contributed by atoms with Gasteiger partial charge in [0, 0.05) is 0 Å². The second kappa shape index (κ2) is 5.32. The predicted molar refractivity (Wildman–Crippen MR) is 59.9 cm³/mol. The van der Waals surface area contributed by atoms with E-state index >= 15 is 0 Å². The number of hydrogen-bond acceptors (Lipinski definition) is 4. The van der Waals surface area contributed by atoms with Gasteiger partial charge < -0.3 is 4.74 Å². The van der Waals surface area contributed by atoms with E-state index in [9.17, 15) is 13.2 Å². The summed E-state index contributed by atoms with van der Waals surface area (Å²) in [5.41, 5.74) is 0. The molecule has 0 radical (unpaired) electrons. The highest BCUT2D eigenvalue weighted by Crippen LogP contribution is 2.19. The van der Waals surface area contributed by atoms with E-state index in [0.29, 0.717) is 0 Å². The number of esters is 1. The second-order valence-corrected chi connectivity index (χ2v) is 5.65. The summed E-state index contributed by atoms with van der Waals surface area (Å²) in [4.78, 5) is 11.2. The fraction of sp³-hybridized carbons (Fsp3) is 0.300. The van der Waals surface area contributed by atoms with Crippen molar-refractivity contribution < 1.29 is 17.9 Å². The van der Waals surface area contributed by atoms with Crippen LogP contribution in [0.15, 0.2) is 35.2 Å². The molecular formula is C10H11ClO4S. The Morgan fingerprint density at radius 2 is 1.94 bits per heavy atom. The summed E-state index contributed by atoms with van der Waals surface area (Å²) < 4.78 is 26.5. The van der Waals surface area contributed by atoms with Gasteiger partial charge in [0.15, 0.2) is 0 Å². The molecule has 0 fully saturated rings. The van der Waals surface area contributed by atoms with E-state index in [4.69, 9.17) is 11.6 Å². The van der Waals surface area contributed by atoms with Gasteiger partial charge in [0.2, 0.25) is 14.5 Å². The first kappa shape index (κ1) is 13.0. The molecule has 0 aliphatic carbocycles. The summed E-state index contributed by atoms with van der Waals surface area (Å²) in [6, 6.07) is 7.55. The molecule has 0 aliphatic rings. The van der Waals surface area contributed by atoms with Crippen LogP contribution in [-0.4, -0.2) is 25.7 Å². The zero-order valence-corrected chi connectivity index (χ0v) is 10.2. The molecule has 0 saturated carbocycles. The van der Waals surface area contributed by atoms with E-state index in [1.54, 1.807) is 25.1 Å². The first-order valence-electron chi connectivity index (χ1n) is 4.59. The van der Waals surface area contributed by atoms with Gasteiger partial charge >= 0.3 is 5.97 Å². The van der Waals surface area contributed by atoms with Crippen molar-refractivity contribution in [2.24, 2.45) is 0 Å². The fourth-order valence-electron chi connectivity index (χ4n) is 1.06. The highest BCUT2D eigenvalue weighted by Gasteiger charge is 2.33. The zero-order chi connectivity index (χ0) is 12.2. The Morgan fingerprint density at radius 1 is 1.38 bits per heavy atom. The van der Waals surface area contributed by atoms with Crippen LogP contribution in [0.1, 0.15) is 6.92 Å². The summed E-state index contributed by atoms with van der Waals surface area (Å²) in [7, 11) is -3.87. The lowest BCUT2D eigenvalue weighted by atomic mass is 10.4. The molecule has 0 aromatic heterocycles. The summed E-state index contributed by atoms with van der Waals surface area (Å²) >= 11 is 5.57. The quantitative estimate of drug-likeness (QED) is 0.611. The summed E-state index contributed by atoms with van der Waals surface area (Å²) in [6.45, 7) is 1.67. The van der Waals surface area contributed by atoms with Crippen LogP contribution in [0.25, 0.3) is 0 Å². The van der Waals surface area contributed by atoms with Gasteiger partial charge in [-0.25, -0.2) is 13.2 Å². The summed E-state index contributed by atoms with van der Waals surface area (Å²) in [6.07, 6.45) is 0. The molecule has 1 unspecified atom stereocenters. The number of hydrogen-bond donors (Lipinski definition) is 0. The first-order valence-corrected chi connectivity index (χ1v) is 6.58. The van der Waals surface area contributed by atoms with Crippen molar-refractivity contribution in [2.75, 3.05) is 6.61 Å². The predicted octanol–water partition coefficient (Wildman–Crippen LogP) is 1.59. The standard InChI is InChI=1S/C10H11ClO4S/c1-2-15-10(12)9(11)16(13,14)8-6-4-3-5-7-8/h3-7,9H,2H2,1H3. The lowest BCUT2D eigenvalue weighted by Crippen LogP contribution is -2.27. The number of benzene rings is 1. The number of rotatable bonds is 4. The molecule has 1 aromatic rings. The Bertz CT molecular complexity index is 455. The van der Waals surface area contributed by atoms with Gasteiger partial charge in [-0.15, -0.1) is 0 Å². The second-order valence-electron chi connectivity index (χ2n) is 2.93. The molecule has 4 nitrogen and oxygen atoms in total. The van der Waals surface area contributed by atoms with Crippen LogP contribution in [0.5, 0.6) is 0 Å². The third-order valence-electron chi connectivity index (χ3n) is 1.82. The minimum Gasteiger partial charge on any atom is -0.464 e. The first-order chi connectivity index (χ1) is 7.50. The zero-order valence-electron chi connectivity index (χ0n) is 8.59. The van der Waals surface area contributed by atoms with Crippen molar-refractivity contribution >= 4 is 27.4 Å². The third kappa shape index (κ3) is 2.74. The Kier molecular flexibility index (Phi) is 4.32. The van der Waals surface area contributed by atoms with Gasteiger partial charge in [0.05, 0.1) is 11.5 Å². The fourth-order valence-corrected chi connectivity index (χ4v) is 2.53. The van der Waals surface area contributed by atoms with Crippen molar-refractivity contribution in [3.8, 4) is 0 Å². The molecule has 1 aromatic carbocycles. The maximum absolute atomic E-state index is 11.8. The number of alkyl halides is 1. The van der Waals surface area contributed by atoms with Crippen molar-refractivity contribution in [3.05, 3.63) is 30.3 Å². The molecule has 0 heterocycles. The molecule has 0 bridgehead atoms. The summed E-state index contributed by atoms with van der Waals surface area (Å²) in [5, 5.41) is 0. The molecule has 1 atom stereocenters. The SMILES string of the molecule is CCOC(=O)C(Cl)S(=O)(=O)c1ccccc1. The van der Waals surface area contributed by atoms with Gasteiger partial charge in [-0.2, -0.15) is 0 Å². The Labute approximate surface area is 99.1 Å². The van der Waals surface area contributed by atoms with Crippen molar-refractivity contribution in [1.82, 2.24) is 0 Å². The molecule has 0 aliphatic heterocycles. The van der Waals surface area contributed by atoms with E-state index in [1.165, 1.54) is 12.1 Å². The Hall–Kier alpha value is -1.07. The molecule has 6 heteroatoms. The average molecular weight is 263 g/mol. The summed E-state index contributed by atoms with van der Waals surface area (Å²) in [5.74, 6) is -0.951. The number of carbonyl (C=O) groups is 1. The van der Waals surface area contributed by atoms with E-state index in [1.807, 2.05) is 0 Å². The Balaban J connectivity index is 2.99. The van der Waals surface area contributed by atoms with Gasteiger partial charge in [-0.1, -0.05) is 29.8 Å². The maximum Gasteiger partial charge on any atom is 0.340 e. The van der Waals surface area contributed by atoms with E-state index < -0.39 is 20.5 Å². The third-order valence-corrected chi connectivity index (χ3v) is 4.36. The Morgan fingerprint density at radius 3 is 2.44 bits per heavy atom. The molecule has 16 heavy (non-hydrogen) atoms. The highest BCUT2D eigenvalue weighted by molar-refractivity contribution is 7.94. The van der Waals surface area contributed by atoms with Crippen molar-refractivity contribution in [1.29, 1.82) is 0 Å². The van der Waals surface area contributed by atoms with Crippen LogP contribution in [0, 0.1) is 0 Å². The molecule has 0 spiro atoms. The smallest absolute Gasteiger partial charge is 0.340 e. The molecule has 0 N–H and O–H groups in total. The molecule has 0 saturated heterocycles. The minimum absolute atomic E-state index is 0.00283.